The van der Waals surface area contributed by atoms with Crippen molar-refractivity contribution in [3.63, 3.8) is 0 Å². The van der Waals surface area contributed by atoms with Crippen LogP contribution in [0.3, 0.4) is 0 Å². The summed E-state index contributed by atoms with van der Waals surface area (Å²) in [4.78, 5) is 10.9. The van der Waals surface area contributed by atoms with Gasteiger partial charge in [0.25, 0.3) is 10.0 Å². The minimum absolute atomic E-state index is 0.0235. The summed E-state index contributed by atoms with van der Waals surface area (Å²) in [6.45, 7) is 1.77. The van der Waals surface area contributed by atoms with Gasteiger partial charge in [0.05, 0.1) is 12.8 Å². The summed E-state index contributed by atoms with van der Waals surface area (Å²) in [7, 11) is -0.399. The van der Waals surface area contributed by atoms with E-state index in [9.17, 15) is 12.8 Å². The van der Waals surface area contributed by atoms with Gasteiger partial charge in [-0.15, -0.1) is 0 Å². The smallest absolute Gasteiger partial charge is 0.263 e. The summed E-state index contributed by atoms with van der Waals surface area (Å²) in [5, 5.41) is 0. The van der Waals surface area contributed by atoms with Gasteiger partial charge in [-0.1, -0.05) is 0 Å². The number of ether oxygens (including phenoxy) is 1. The molecule has 162 valence electrons. The Bertz CT molecular complexity index is 1020. The van der Waals surface area contributed by atoms with Gasteiger partial charge >= 0.3 is 0 Å². The average molecular weight is 435 g/mol. The van der Waals surface area contributed by atoms with Crippen LogP contribution < -0.4 is 9.46 Å². The molecular formula is C21H27FN4O3S. The Morgan fingerprint density at radius 2 is 1.93 bits per heavy atom. The molecule has 0 radical (unpaired) electrons. The van der Waals surface area contributed by atoms with Crippen molar-refractivity contribution in [2.24, 2.45) is 0 Å². The minimum Gasteiger partial charge on any atom is -0.479 e. The van der Waals surface area contributed by atoms with Crippen molar-refractivity contribution < 1.29 is 17.5 Å². The number of anilines is 1. The first kappa shape index (κ1) is 21.0. The van der Waals surface area contributed by atoms with Crippen LogP contribution in [-0.4, -0.2) is 50.5 Å². The van der Waals surface area contributed by atoms with Crippen molar-refractivity contribution in [3.05, 3.63) is 41.3 Å². The summed E-state index contributed by atoms with van der Waals surface area (Å²) in [5.41, 5.74) is 1.07. The number of alkyl halides is 1. The second-order valence-electron chi connectivity index (χ2n) is 8.11. The van der Waals surface area contributed by atoms with Crippen LogP contribution in [0.2, 0.25) is 0 Å². The van der Waals surface area contributed by atoms with Gasteiger partial charge in [0.1, 0.15) is 10.6 Å². The number of likely N-dealkylation sites (N-methyl/N-ethyl adjacent to an activating group) is 1. The van der Waals surface area contributed by atoms with E-state index < -0.39 is 15.7 Å². The first-order valence-electron chi connectivity index (χ1n) is 10.2. The highest BCUT2D eigenvalue weighted by molar-refractivity contribution is 7.92. The lowest BCUT2D eigenvalue weighted by molar-refractivity contribution is 0.168. The van der Waals surface area contributed by atoms with Gasteiger partial charge in [0.15, 0.2) is 5.67 Å². The lowest BCUT2D eigenvalue weighted by Gasteiger charge is -2.18. The number of sulfonamides is 1. The van der Waals surface area contributed by atoms with E-state index in [2.05, 4.69) is 26.6 Å². The highest BCUT2D eigenvalue weighted by Crippen LogP contribution is 2.41. The van der Waals surface area contributed by atoms with Crippen molar-refractivity contribution >= 4 is 15.7 Å². The van der Waals surface area contributed by atoms with E-state index in [1.165, 1.54) is 25.4 Å². The maximum absolute atomic E-state index is 14.9. The second-order valence-corrected chi connectivity index (χ2v) is 9.79. The van der Waals surface area contributed by atoms with Crippen LogP contribution in [-0.2, 0) is 28.5 Å². The fourth-order valence-corrected chi connectivity index (χ4v) is 5.15. The van der Waals surface area contributed by atoms with Crippen molar-refractivity contribution in [1.29, 1.82) is 0 Å². The van der Waals surface area contributed by atoms with E-state index >= 15 is 0 Å². The molecule has 0 aromatic carbocycles. The molecule has 2 aliphatic rings. The lowest BCUT2D eigenvalue weighted by Crippen LogP contribution is -2.20. The summed E-state index contributed by atoms with van der Waals surface area (Å²) >= 11 is 0. The Kier molecular flexibility index (Phi) is 5.67. The van der Waals surface area contributed by atoms with E-state index in [1.54, 1.807) is 6.07 Å². The van der Waals surface area contributed by atoms with Gasteiger partial charge in [-0.05, 0) is 62.9 Å². The first-order chi connectivity index (χ1) is 14.3. The van der Waals surface area contributed by atoms with Crippen LogP contribution in [0.1, 0.15) is 42.6 Å². The zero-order valence-corrected chi connectivity index (χ0v) is 18.1. The third kappa shape index (κ3) is 4.13. The van der Waals surface area contributed by atoms with Gasteiger partial charge in [-0.2, -0.15) is 0 Å². The van der Waals surface area contributed by atoms with Crippen LogP contribution in [0.4, 0.5) is 10.1 Å². The van der Waals surface area contributed by atoms with E-state index in [-0.39, 0.29) is 10.8 Å². The number of hydrogen-bond acceptors (Lipinski definition) is 6. The fourth-order valence-electron chi connectivity index (χ4n) is 4.15. The molecule has 7 nitrogen and oxygen atoms in total. The zero-order chi connectivity index (χ0) is 21.4. The van der Waals surface area contributed by atoms with Crippen molar-refractivity contribution in [3.8, 4) is 5.88 Å². The highest BCUT2D eigenvalue weighted by atomic mass is 32.2. The summed E-state index contributed by atoms with van der Waals surface area (Å²) < 4.78 is 48.7. The average Bonchev–Trinajstić information content (AvgIpc) is 3.10. The second kappa shape index (κ2) is 8.11. The van der Waals surface area contributed by atoms with Crippen LogP contribution in [0.15, 0.2) is 29.3 Å². The molecule has 1 aliphatic carbocycles. The molecule has 2 aromatic heterocycles. The van der Waals surface area contributed by atoms with Crippen LogP contribution in [0, 0.1) is 0 Å². The van der Waals surface area contributed by atoms with Crippen molar-refractivity contribution in [2.45, 2.75) is 49.1 Å². The number of nitrogens with zero attached hydrogens (tertiary/aromatic N) is 3. The van der Waals surface area contributed by atoms with Crippen LogP contribution in [0.25, 0.3) is 0 Å². The number of fused-ring (bicyclic) bond motifs is 1. The third-order valence-corrected chi connectivity index (χ3v) is 7.34. The molecular weight excluding hydrogens is 407 g/mol. The Hall–Kier alpha value is -2.26. The van der Waals surface area contributed by atoms with Gasteiger partial charge < -0.3 is 9.64 Å². The minimum atomic E-state index is -3.92. The molecule has 1 aliphatic heterocycles. The largest absolute Gasteiger partial charge is 0.479 e. The SMILES string of the molecule is COc1nc2c(cc1NS(=O)(=O)c1ccc(C3(F)CCCC3)nc1)CCN(C)CC2. The molecule has 3 heterocycles. The van der Waals surface area contributed by atoms with Crippen LogP contribution in [0.5, 0.6) is 5.88 Å². The van der Waals surface area contributed by atoms with Gasteiger partial charge in [0.2, 0.25) is 5.88 Å². The van der Waals surface area contributed by atoms with Crippen molar-refractivity contribution in [2.75, 3.05) is 32.0 Å². The monoisotopic (exact) mass is 434 g/mol. The Labute approximate surface area is 176 Å². The molecule has 1 N–H and O–H groups in total. The number of pyridine rings is 2. The number of nitrogens with one attached hydrogen (secondary N) is 1. The molecule has 1 fully saturated rings. The summed E-state index contributed by atoms with van der Waals surface area (Å²) in [5.74, 6) is 0.236. The predicted octanol–water partition coefficient (Wildman–Crippen LogP) is 3.06. The van der Waals surface area contributed by atoms with E-state index in [0.717, 1.165) is 50.0 Å². The van der Waals surface area contributed by atoms with Gasteiger partial charge in [-0.3, -0.25) is 9.71 Å². The molecule has 0 amide bonds. The molecule has 0 saturated heterocycles. The Morgan fingerprint density at radius 3 is 2.60 bits per heavy atom. The third-order valence-electron chi connectivity index (χ3n) is 5.99. The maximum Gasteiger partial charge on any atom is 0.263 e. The van der Waals surface area contributed by atoms with E-state index in [4.69, 9.17) is 4.74 Å². The normalized spacial score (nSPS) is 19.2. The summed E-state index contributed by atoms with van der Waals surface area (Å²) in [6, 6.07) is 4.68. The maximum atomic E-state index is 14.9. The lowest BCUT2D eigenvalue weighted by atomic mass is 10.00. The molecule has 0 bridgehead atoms. The zero-order valence-electron chi connectivity index (χ0n) is 17.3. The number of rotatable bonds is 5. The summed E-state index contributed by atoms with van der Waals surface area (Å²) in [6.07, 6.45) is 5.28. The first-order valence-corrected chi connectivity index (χ1v) is 11.7. The standard InChI is InChI=1S/C21H27FN4O3S/c1-26-11-7-15-13-18(20(29-2)24-17(15)8-12-26)25-30(27,28)16-5-6-19(23-14-16)21(22)9-3-4-10-21/h5-6,13-14,25H,3-4,7-12H2,1-2H3. The molecule has 0 spiro atoms. The predicted molar refractivity (Wildman–Crippen MR) is 112 cm³/mol. The van der Waals surface area contributed by atoms with Gasteiger partial charge in [-0.25, -0.2) is 17.8 Å². The molecule has 9 heteroatoms. The van der Waals surface area contributed by atoms with Crippen LogP contribution >= 0.6 is 0 Å². The Balaban J connectivity index is 1.60. The Morgan fingerprint density at radius 1 is 1.20 bits per heavy atom. The number of methoxy groups -OCH3 is 1. The topological polar surface area (TPSA) is 84.4 Å². The molecule has 0 atom stereocenters. The molecule has 30 heavy (non-hydrogen) atoms. The van der Waals surface area contributed by atoms with E-state index in [1.807, 2.05) is 0 Å². The quantitative estimate of drug-likeness (QED) is 0.779. The molecule has 2 aromatic rings. The number of halogens is 1. The number of aromatic nitrogens is 2. The van der Waals surface area contributed by atoms with Crippen molar-refractivity contribution in [1.82, 2.24) is 14.9 Å². The fraction of sp³-hybridized carbons (Fsp3) is 0.524. The molecule has 4 rings (SSSR count). The molecule has 1 saturated carbocycles. The molecule has 0 unspecified atom stereocenters. The number of hydrogen-bond donors (Lipinski definition) is 1. The van der Waals surface area contributed by atoms with E-state index in [0.29, 0.717) is 24.2 Å². The highest BCUT2D eigenvalue weighted by Gasteiger charge is 2.37. The van der Waals surface area contributed by atoms with Gasteiger partial charge in [0, 0.05) is 31.4 Å².